The number of aliphatic carboxylic acids is 1. The predicted molar refractivity (Wildman–Crippen MR) is 169 cm³/mol. The fraction of sp³-hybridized carbons (Fsp3) is 0.657. The van der Waals surface area contributed by atoms with E-state index in [2.05, 4.69) is 5.32 Å². The summed E-state index contributed by atoms with van der Waals surface area (Å²) in [6, 6.07) is 6.73. The van der Waals surface area contributed by atoms with Crippen molar-refractivity contribution in [3.05, 3.63) is 35.9 Å². The first kappa shape index (κ1) is 36.8. The van der Waals surface area contributed by atoms with Crippen molar-refractivity contribution in [2.45, 2.75) is 111 Å². The third kappa shape index (κ3) is 9.22. The lowest BCUT2D eigenvalue weighted by Gasteiger charge is -2.36. The van der Waals surface area contributed by atoms with Crippen LogP contribution in [0.15, 0.2) is 30.3 Å². The number of carboxylic acid groups (broad SMARTS) is 1. The number of carbonyl (C=O) groups excluding carboxylic acids is 5. The van der Waals surface area contributed by atoms with Gasteiger partial charge in [0.2, 0.25) is 11.7 Å². The summed E-state index contributed by atoms with van der Waals surface area (Å²) in [7, 11) is 0. The Morgan fingerprint density at radius 1 is 1.00 bits per heavy atom. The molecule has 0 bridgehead atoms. The summed E-state index contributed by atoms with van der Waals surface area (Å²) in [5.41, 5.74) is -0.0552. The number of carbonyl (C=O) groups is 6. The predicted octanol–water partition coefficient (Wildman–Crippen LogP) is 4.96. The van der Waals surface area contributed by atoms with Gasteiger partial charge in [0.05, 0.1) is 18.1 Å². The van der Waals surface area contributed by atoms with Crippen molar-refractivity contribution in [3.63, 3.8) is 0 Å². The second kappa shape index (κ2) is 15.8. The van der Waals surface area contributed by atoms with E-state index in [0.29, 0.717) is 12.8 Å². The van der Waals surface area contributed by atoms with Crippen molar-refractivity contribution >= 4 is 35.3 Å². The lowest BCUT2D eigenvalue weighted by Crippen LogP contribution is -2.57. The molecule has 1 aromatic rings. The van der Waals surface area contributed by atoms with E-state index < -0.39 is 95.2 Å². The first-order chi connectivity index (χ1) is 21.5. The van der Waals surface area contributed by atoms with E-state index in [0.717, 1.165) is 5.56 Å². The number of ketones is 3. The van der Waals surface area contributed by atoms with Gasteiger partial charge in [-0.15, -0.1) is 0 Å². The smallest absolute Gasteiger partial charge is 0.408 e. The molecule has 2 amide bonds. The zero-order chi connectivity index (χ0) is 34.3. The zero-order valence-corrected chi connectivity index (χ0v) is 27.8. The molecule has 254 valence electrons. The SMILES string of the molecule is CCCC(CC(=O)[C@@H]1[C@H]2CC[C@H](F)[C@H]2CN1C(=O)[C@@H](NC(=O)OC(C)C)C(C)(C)C)C(=O)C(=O)C[C@H](Cc1ccccc1)C(=O)O. The van der Waals surface area contributed by atoms with Crippen LogP contribution in [0.5, 0.6) is 0 Å². The van der Waals surface area contributed by atoms with Crippen molar-refractivity contribution in [1.29, 1.82) is 0 Å². The van der Waals surface area contributed by atoms with Gasteiger partial charge < -0.3 is 20.1 Å². The number of amides is 2. The lowest BCUT2D eigenvalue weighted by atomic mass is 9.82. The lowest BCUT2D eigenvalue weighted by molar-refractivity contribution is -0.146. The van der Waals surface area contributed by atoms with Gasteiger partial charge in [-0.1, -0.05) is 64.4 Å². The van der Waals surface area contributed by atoms with Crippen molar-refractivity contribution in [3.8, 4) is 0 Å². The average molecular weight is 645 g/mol. The molecule has 1 aliphatic carbocycles. The molecule has 10 nitrogen and oxygen atoms in total. The number of ether oxygens (including phenoxy) is 1. The number of hydrogen-bond donors (Lipinski definition) is 2. The van der Waals surface area contributed by atoms with E-state index in [9.17, 15) is 33.9 Å². The Bertz CT molecular complexity index is 1280. The van der Waals surface area contributed by atoms with E-state index in [1.807, 2.05) is 6.92 Å². The van der Waals surface area contributed by atoms with E-state index in [-0.39, 0.29) is 32.2 Å². The third-order valence-corrected chi connectivity index (χ3v) is 9.11. The number of alkyl halides is 1. The van der Waals surface area contributed by atoms with Gasteiger partial charge in [0.25, 0.3) is 0 Å². The highest BCUT2D eigenvalue weighted by molar-refractivity contribution is 6.38. The van der Waals surface area contributed by atoms with Gasteiger partial charge in [0.15, 0.2) is 11.6 Å². The number of nitrogens with zero attached hydrogens (tertiary/aromatic N) is 1. The van der Waals surface area contributed by atoms with Crippen molar-refractivity contribution in [1.82, 2.24) is 10.2 Å². The second-order valence-electron chi connectivity index (χ2n) is 14.1. The fourth-order valence-electron chi connectivity index (χ4n) is 6.82. The Hall–Kier alpha value is -3.63. The Balaban J connectivity index is 1.82. The summed E-state index contributed by atoms with van der Waals surface area (Å²) in [6.45, 7) is 10.5. The number of alkyl carbamates (subject to hydrolysis) is 1. The summed E-state index contributed by atoms with van der Waals surface area (Å²) < 4.78 is 20.2. The summed E-state index contributed by atoms with van der Waals surface area (Å²) >= 11 is 0. The molecule has 1 saturated carbocycles. The molecule has 3 rings (SSSR count). The minimum absolute atomic E-state index is 0.000337. The minimum Gasteiger partial charge on any atom is -0.481 e. The molecule has 0 aromatic heterocycles. The summed E-state index contributed by atoms with van der Waals surface area (Å²) in [5, 5.41) is 12.4. The molecule has 2 aliphatic rings. The average Bonchev–Trinajstić information content (AvgIpc) is 3.53. The summed E-state index contributed by atoms with van der Waals surface area (Å²) in [6.07, 6.45) is -1.79. The molecule has 1 aromatic carbocycles. The number of hydrogen-bond acceptors (Lipinski definition) is 7. The van der Waals surface area contributed by atoms with Crippen LogP contribution in [-0.4, -0.2) is 76.2 Å². The number of nitrogens with one attached hydrogen (secondary N) is 1. The molecule has 46 heavy (non-hydrogen) atoms. The van der Waals surface area contributed by atoms with Gasteiger partial charge in [-0.05, 0) is 56.4 Å². The van der Waals surface area contributed by atoms with Crippen LogP contribution < -0.4 is 5.32 Å². The molecule has 0 radical (unpaired) electrons. The Kier molecular flexibility index (Phi) is 12.6. The van der Waals surface area contributed by atoms with Gasteiger partial charge in [-0.2, -0.15) is 0 Å². The molecule has 11 heteroatoms. The molecule has 1 aliphatic heterocycles. The Morgan fingerprint density at radius 2 is 1.65 bits per heavy atom. The molecule has 1 unspecified atom stereocenters. The van der Waals surface area contributed by atoms with Crippen LogP contribution in [0.2, 0.25) is 0 Å². The quantitative estimate of drug-likeness (QED) is 0.255. The number of Topliss-reactive ketones (excluding diaryl/α,β-unsaturated/α-hetero) is 3. The molecule has 1 saturated heterocycles. The number of benzene rings is 1. The number of likely N-dealkylation sites (tertiary alicyclic amines) is 1. The van der Waals surface area contributed by atoms with Crippen LogP contribution in [0, 0.1) is 29.1 Å². The highest BCUT2D eigenvalue weighted by Crippen LogP contribution is 2.45. The van der Waals surface area contributed by atoms with Gasteiger partial charge in [-0.25, -0.2) is 9.18 Å². The van der Waals surface area contributed by atoms with Crippen LogP contribution in [0.3, 0.4) is 0 Å². The fourth-order valence-corrected chi connectivity index (χ4v) is 6.82. The van der Waals surface area contributed by atoms with Crippen LogP contribution in [-0.2, 0) is 35.1 Å². The van der Waals surface area contributed by atoms with Crippen molar-refractivity contribution < 1.29 is 43.0 Å². The van der Waals surface area contributed by atoms with Crippen molar-refractivity contribution in [2.24, 2.45) is 29.1 Å². The first-order valence-electron chi connectivity index (χ1n) is 16.3. The van der Waals surface area contributed by atoms with E-state index in [1.54, 1.807) is 65.0 Å². The van der Waals surface area contributed by atoms with Gasteiger partial charge >= 0.3 is 12.1 Å². The first-order valence-corrected chi connectivity index (χ1v) is 16.3. The monoisotopic (exact) mass is 644 g/mol. The Morgan fingerprint density at radius 3 is 2.22 bits per heavy atom. The van der Waals surface area contributed by atoms with E-state index in [4.69, 9.17) is 4.74 Å². The standard InChI is InChI=1S/C35H49FN2O8/c1-7-11-22(30(41)28(40)18-23(33(43)44)16-21-12-9-8-10-13-21)17-27(39)29-24-14-15-26(36)25(24)19-38(29)32(42)31(35(4,5)6)37-34(45)46-20(2)3/h8-10,12-13,20,22-26,29,31H,7,11,14-19H2,1-6H3,(H,37,45)(H,43,44)/t22?,23-,24-,25-,26-,29-,31+/m0/s1. The van der Waals surface area contributed by atoms with Gasteiger partial charge in [0, 0.05) is 31.2 Å². The minimum atomic E-state index is -1.20. The largest absolute Gasteiger partial charge is 0.481 e. The highest BCUT2D eigenvalue weighted by atomic mass is 19.1. The Labute approximate surface area is 270 Å². The number of fused-ring (bicyclic) bond motifs is 1. The van der Waals surface area contributed by atoms with Gasteiger partial charge in [0.1, 0.15) is 12.2 Å². The van der Waals surface area contributed by atoms with Crippen LogP contribution in [0.1, 0.15) is 85.6 Å². The number of halogens is 1. The van der Waals surface area contributed by atoms with E-state index >= 15 is 4.39 Å². The highest BCUT2D eigenvalue weighted by Gasteiger charge is 2.55. The maximum Gasteiger partial charge on any atom is 0.408 e. The number of rotatable bonds is 15. The van der Waals surface area contributed by atoms with Crippen LogP contribution in [0.4, 0.5) is 9.18 Å². The van der Waals surface area contributed by atoms with Gasteiger partial charge in [-0.3, -0.25) is 24.0 Å². The molecule has 0 spiro atoms. The maximum atomic E-state index is 15.0. The van der Waals surface area contributed by atoms with Crippen LogP contribution >= 0.6 is 0 Å². The molecule has 7 atom stereocenters. The molecular weight excluding hydrogens is 595 g/mol. The zero-order valence-electron chi connectivity index (χ0n) is 27.8. The van der Waals surface area contributed by atoms with E-state index in [1.165, 1.54) is 4.90 Å². The van der Waals surface area contributed by atoms with Crippen LogP contribution in [0.25, 0.3) is 0 Å². The summed E-state index contributed by atoms with van der Waals surface area (Å²) in [5.74, 6) is -6.93. The second-order valence-corrected chi connectivity index (χ2v) is 14.1. The molecule has 1 heterocycles. The molecule has 2 fully saturated rings. The third-order valence-electron chi connectivity index (χ3n) is 9.11. The molecular formula is C35H49FN2O8. The summed E-state index contributed by atoms with van der Waals surface area (Å²) in [4.78, 5) is 80.6. The number of carboxylic acids is 1. The van der Waals surface area contributed by atoms with Crippen molar-refractivity contribution in [2.75, 3.05) is 6.54 Å². The molecule has 2 N–H and O–H groups in total. The maximum absolute atomic E-state index is 15.0. The normalized spacial score (nSPS) is 22.9. The topological polar surface area (TPSA) is 147 Å².